The summed E-state index contributed by atoms with van der Waals surface area (Å²) in [5.74, 6) is 2.13. The first kappa shape index (κ1) is 12.2. The lowest BCUT2D eigenvalue weighted by Gasteiger charge is -2.08. The molecule has 0 aromatic carbocycles. The van der Waals surface area contributed by atoms with E-state index in [4.69, 9.17) is 11.2 Å². The molecule has 2 aromatic heterocycles. The fourth-order valence-corrected chi connectivity index (χ4v) is 1.50. The number of rotatable bonds is 3. The summed E-state index contributed by atoms with van der Waals surface area (Å²) in [6.07, 6.45) is 9.36. The van der Waals surface area contributed by atoms with Crippen LogP contribution in [0.25, 0.3) is 5.65 Å². The molecule has 0 aliphatic rings. The second-order valence-corrected chi connectivity index (χ2v) is 4.08. The third-order valence-corrected chi connectivity index (χ3v) is 2.71. The second-order valence-electron chi connectivity index (χ2n) is 4.08. The zero-order valence-corrected chi connectivity index (χ0v) is 10.4. The molecule has 0 aliphatic carbocycles. The van der Waals surface area contributed by atoms with Crippen molar-refractivity contribution >= 4 is 11.6 Å². The highest BCUT2D eigenvalue weighted by Crippen LogP contribution is 2.10. The average Bonchev–Trinajstić information content (AvgIpc) is 2.81. The molecule has 0 bridgehead atoms. The number of imidazole rings is 1. The maximum absolute atomic E-state index is 11.8. The van der Waals surface area contributed by atoms with Crippen LogP contribution in [-0.2, 0) is 4.74 Å². The van der Waals surface area contributed by atoms with Crippen LogP contribution in [0.2, 0.25) is 0 Å². The first-order valence-corrected chi connectivity index (χ1v) is 5.80. The van der Waals surface area contributed by atoms with Gasteiger partial charge in [-0.25, -0.2) is 9.78 Å². The number of fused-ring (bicyclic) bond motifs is 1. The van der Waals surface area contributed by atoms with Gasteiger partial charge in [0.05, 0.1) is 6.10 Å². The summed E-state index contributed by atoms with van der Waals surface area (Å²) in [6.45, 7) is 3.81. The van der Waals surface area contributed by atoms with Gasteiger partial charge in [-0.1, -0.05) is 12.8 Å². The molecule has 0 spiro atoms. The van der Waals surface area contributed by atoms with E-state index in [0.29, 0.717) is 11.3 Å². The molecule has 1 atom stereocenters. The summed E-state index contributed by atoms with van der Waals surface area (Å²) in [6, 6.07) is 3.56. The van der Waals surface area contributed by atoms with Crippen molar-refractivity contribution < 1.29 is 9.53 Å². The van der Waals surface area contributed by atoms with Crippen molar-refractivity contribution in [2.45, 2.75) is 26.4 Å². The van der Waals surface area contributed by atoms with Gasteiger partial charge >= 0.3 is 5.97 Å². The summed E-state index contributed by atoms with van der Waals surface area (Å²) in [5, 5.41) is 0. The van der Waals surface area contributed by atoms with E-state index in [0.717, 1.165) is 12.0 Å². The summed E-state index contributed by atoms with van der Waals surface area (Å²) in [4.78, 5) is 16.0. The van der Waals surface area contributed by atoms with Gasteiger partial charge in [0.15, 0.2) is 5.69 Å². The Morgan fingerprint density at radius 3 is 3.00 bits per heavy atom. The van der Waals surface area contributed by atoms with Crippen molar-refractivity contribution in [3.8, 4) is 12.3 Å². The molecule has 1 unspecified atom stereocenters. The number of terminal acetylenes is 1. The molecular formula is C14H14N2O2. The summed E-state index contributed by atoms with van der Waals surface area (Å²) >= 11 is 0. The van der Waals surface area contributed by atoms with Crippen molar-refractivity contribution in [2.75, 3.05) is 0 Å². The van der Waals surface area contributed by atoms with Gasteiger partial charge in [-0.15, -0.1) is 6.42 Å². The van der Waals surface area contributed by atoms with Crippen LogP contribution in [0.4, 0.5) is 0 Å². The fourth-order valence-electron chi connectivity index (χ4n) is 1.50. The molecule has 0 saturated heterocycles. The largest absolute Gasteiger partial charge is 0.458 e. The number of carbonyl (C=O) groups excluding carboxylic acids is 1. The SMILES string of the molecule is C#Cc1ccc2nc(C(=O)OC(C)CC)cn2c1. The highest BCUT2D eigenvalue weighted by atomic mass is 16.5. The minimum absolute atomic E-state index is 0.108. The number of esters is 1. The molecule has 2 aromatic rings. The first-order valence-electron chi connectivity index (χ1n) is 5.80. The Kier molecular flexibility index (Phi) is 3.33. The lowest BCUT2D eigenvalue weighted by atomic mass is 10.3. The predicted octanol–water partition coefficient (Wildman–Crippen LogP) is 2.27. The lowest BCUT2D eigenvalue weighted by molar-refractivity contribution is 0.0328. The zero-order chi connectivity index (χ0) is 13.1. The van der Waals surface area contributed by atoms with Gasteiger partial charge < -0.3 is 9.14 Å². The molecule has 0 aliphatic heterocycles. The van der Waals surface area contributed by atoms with E-state index in [1.54, 1.807) is 28.9 Å². The number of hydrogen-bond acceptors (Lipinski definition) is 3. The third kappa shape index (κ3) is 2.35. The fraction of sp³-hybridized carbons (Fsp3) is 0.286. The van der Waals surface area contributed by atoms with Gasteiger partial charge in [0.1, 0.15) is 5.65 Å². The van der Waals surface area contributed by atoms with Crippen molar-refractivity contribution in [1.29, 1.82) is 0 Å². The second kappa shape index (κ2) is 4.92. The minimum atomic E-state index is -0.407. The Balaban J connectivity index is 2.30. The zero-order valence-electron chi connectivity index (χ0n) is 10.4. The van der Waals surface area contributed by atoms with E-state index in [1.165, 1.54) is 0 Å². The quantitative estimate of drug-likeness (QED) is 0.612. The summed E-state index contributed by atoms with van der Waals surface area (Å²) < 4.78 is 6.94. The van der Waals surface area contributed by atoms with Crippen LogP contribution in [0.15, 0.2) is 24.5 Å². The number of hydrogen-bond donors (Lipinski definition) is 0. The number of aromatic nitrogens is 2. The molecule has 0 amide bonds. The molecule has 4 heteroatoms. The Bertz CT molecular complexity index is 622. The molecule has 0 saturated carbocycles. The van der Waals surface area contributed by atoms with Crippen LogP contribution < -0.4 is 0 Å². The third-order valence-electron chi connectivity index (χ3n) is 2.71. The van der Waals surface area contributed by atoms with Gasteiger partial charge in [0.2, 0.25) is 0 Å². The minimum Gasteiger partial charge on any atom is -0.458 e. The molecule has 18 heavy (non-hydrogen) atoms. The molecule has 0 fully saturated rings. The van der Waals surface area contributed by atoms with E-state index >= 15 is 0 Å². The van der Waals surface area contributed by atoms with Crippen LogP contribution in [0.3, 0.4) is 0 Å². The van der Waals surface area contributed by atoms with Crippen LogP contribution in [0.5, 0.6) is 0 Å². The Morgan fingerprint density at radius 1 is 1.56 bits per heavy atom. The summed E-state index contributed by atoms with van der Waals surface area (Å²) in [5.41, 5.74) is 1.70. The van der Waals surface area contributed by atoms with Crippen LogP contribution in [0.1, 0.15) is 36.3 Å². The molecular weight excluding hydrogens is 228 g/mol. The normalized spacial score (nSPS) is 12.1. The molecule has 92 valence electrons. The standard InChI is InChI=1S/C14H14N2O2/c1-4-10(3)18-14(17)12-9-16-8-11(5-2)6-7-13(16)15-12/h2,6-10H,4H2,1,3H3. The first-order chi connectivity index (χ1) is 8.63. The van der Waals surface area contributed by atoms with E-state index in [-0.39, 0.29) is 6.10 Å². The van der Waals surface area contributed by atoms with E-state index in [1.807, 2.05) is 13.8 Å². The van der Waals surface area contributed by atoms with Crippen LogP contribution in [-0.4, -0.2) is 21.5 Å². The molecule has 0 radical (unpaired) electrons. The van der Waals surface area contributed by atoms with Gasteiger partial charge in [-0.3, -0.25) is 0 Å². The highest BCUT2D eigenvalue weighted by Gasteiger charge is 2.14. The molecule has 2 heterocycles. The summed E-state index contributed by atoms with van der Waals surface area (Å²) in [7, 11) is 0. The van der Waals surface area contributed by atoms with Gasteiger partial charge in [0.25, 0.3) is 0 Å². The highest BCUT2D eigenvalue weighted by molar-refractivity contribution is 5.88. The number of carbonyl (C=O) groups is 1. The van der Waals surface area contributed by atoms with Gasteiger partial charge in [0, 0.05) is 18.0 Å². The average molecular weight is 242 g/mol. The van der Waals surface area contributed by atoms with Gasteiger partial charge in [-0.05, 0) is 25.5 Å². The molecule has 2 rings (SSSR count). The van der Waals surface area contributed by atoms with Crippen molar-refractivity contribution in [2.24, 2.45) is 0 Å². The molecule has 4 nitrogen and oxygen atoms in total. The van der Waals surface area contributed by atoms with E-state index in [2.05, 4.69) is 10.9 Å². The Labute approximate surface area is 106 Å². The van der Waals surface area contributed by atoms with Gasteiger partial charge in [-0.2, -0.15) is 0 Å². The van der Waals surface area contributed by atoms with Crippen molar-refractivity contribution in [1.82, 2.24) is 9.38 Å². The maximum atomic E-state index is 11.8. The van der Waals surface area contributed by atoms with E-state index < -0.39 is 5.97 Å². The van der Waals surface area contributed by atoms with Crippen LogP contribution in [0, 0.1) is 12.3 Å². The smallest absolute Gasteiger partial charge is 0.358 e. The van der Waals surface area contributed by atoms with Crippen molar-refractivity contribution in [3.63, 3.8) is 0 Å². The molecule has 0 N–H and O–H groups in total. The Hall–Kier alpha value is -2.28. The van der Waals surface area contributed by atoms with E-state index in [9.17, 15) is 4.79 Å². The monoisotopic (exact) mass is 242 g/mol. The topological polar surface area (TPSA) is 43.6 Å². The number of nitrogens with zero attached hydrogens (tertiary/aromatic N) is 2. The predicted molar refractivity (Wildman–Crippen MR) is 68.3 cm³/mol. The van der Waals surface area contributed by atoms with Crippen LogP contribution >= 0.6 is 0 Å². The van der Waals surface area contributed by atoms with Crippen molar-refractivity contribution in [3.05, 3.63) is 35.8 Å². The Morgan fingerprint density at radius 2 is 2.33 bits per heavy atom. The number of ether oxygens (including phenoxy) is 1. The maximum Gasteiger partial charge on any atom is 0.358 e. The lowest BCUT2D eigenvalue weighted by Crippen LogP contribution is -2.14. The number of pyridine rings is 1.